The van der Waals surface area contributed by atoms with Crippen LogP contribution in [0.3, 0.4) is 0 Å². The minimum Gasteiger partial charge on any atom is -0.493 e. The average Bonchev–Trinajstić information content (AvgIpc) is 2.59. The van der Waals surface area contributed by atoms with E-state index in [1.807, 2.05) is 0 Å². The summed E-state index contributed by atoms with van der Waals surface area (Å²) in [5, 5.41) is 0. The van der Waals surface area contributed by atoms with Gasteiger partial charge in [-0.1, -0.05) is 24.3 Å². The first-order valence-electron chi connectivity index (χ1n) is 6.36. The van der Waals surface area contributed by atoms with Crippen molar-refractivity contribution in [3.63, 3.8) is 0 Å². The van der Waals surface area contributed by atoms with Gasteiger partial charge >= 0.3 is 11.9 Å². The fourth-order valence-corrected chi connectivity index (χ4v) is 1.79. The molecule has 2 aromatic carbocycles. The van der Waals surface area contributed by atoms with E-state index in [0.29, 0.717) is 5.75 Å². The van der Waals surface area contributed by atoms with E-state index in [9.17, 15) is 9.59 Å². The standard InChI is InChI=1S/C16H14O6/c1-19-13-10-6-9-12(14(13)20-2)16(18)22-21-15(17)11-7-4-3-5-8-11/h3-10H,1-2H3. The van der Waals surface area contributed by atoms with Crippen molar-refractivity contribution >= 4 is 11.9 Å². The molecule has 2 rings (SSSR count). The third-order valence-electron chi connectivity index (χ3n) is 2.83. The van der Waals surface area contributed by atoms with Gasteiger partial charge in [-0.2, -0.15) is 0 Å². The van der Waals surface area contributed by atoms with Crippen molar-refractivity contribution in [1.29, 1.82) is 0 Å². The number of methoxy groups -OCH3 is 2. The molecule has 0 aromatic heterocycles. The largest absolute Gasteiger partial charge is 0.493 e. The van der Waals surface area contributed by atoms with E-state index in [-0.39, 0.29) is 16.9 Å². The summed E-state index contributed by atoms with van der Waals surface area (Å²) >= 11 is 0. The molecular weight excluding hydrogens is 288 g/mol. The zero-order valence-corrected chi connectivity index (χ0v) is 12.1. The Labute approximate surface area is 127 Å². The molecule has 0 fully saturated rings. The van der Waals surface area contributed by atoms with Crippen molar-refractivity contribution in [3.8, 4) is 11.5 Å². The third-order valence-corrected chi connectivity index (χ3v) is 2.83. The Morgan fingerprint density at radius 2 is 1.45 bits per heavy atom. The molecule has 0 aliphatic rings. The summed E-state index contributed by atoms with van der Waals surface area (Å²) in [6.07, 6.45) is 0. The molecule has 0 aliphatic carbocycles. The monoisotopic (exact) mass is 302 g/mol. The molecule has 6 nitrogen and oxygen atoms in total. The topological polar surface area (TPSA) is 71.1 Å². The average molecular weight is 302 g/mol. The lowest BCUT2D eigenvalue weighted by molar-refractivity contribution is -0.187. The second-order valence-electron chi connectivity index (χ2n) is 4.15. The lowest BCUT2D eigenvalue weighted by atomic mass is 10.2. The van der Waals surface area contributed by atoms with Crippen LogP contribution >= 0.6 is 0 Å². The first-order valence-corrected chi connectivity index (χ1v) is 6.36. The van der Waals surface area contributed by atoms with Crippen LogP contribution in [-0.2, 0) is 9.78 Å². The molecule has 0 spiro atoms. The second kappa shape index (κ2) is 7.12. The van der Waals surface area contributed by atoms with Crippen molar-refractivity contribution in [2.75, 3.05) is 14.2 Å². The quantitative estimate of drug-likeness (QED) is 0.638. The molecule has 0 amide bonds. The Morgan fingerprint density at radius 1 is 0.773 bits per heavy atom. The first-order chi connectivity index (χ1) is 10.7. The van der Waals surface area contributed by atoms with Crippen molar-refractivity contribution < 1.29 is 28.8 Å². The summed E-state index contributed by atoms with van der Waals surface area (Å²) in [6, 6.07) is 12.9. The highest BCUT2D eigenvalue weighted by Gasteiger charge is 2.20. The van der Waals surface area contributed by atoms with Gasteiger partial charge in [-0.15, -0.1) is 0 Å². The molecule has 0 radical (unpaired) electrons. The number of hydrogen-bond acceptors (Lipinski definition) is 6. The number of para-hydroxylation sites is 1. The zero-order valence-electron chi connectivity index (χ0n) is 12.1. The van der Waals surface area contributed by atoms with Crippen molar-refractivity contribution in [2.24, 2.45) is 0 Å². The van der Waals surface area contributed by atoms with Gasteiger partial charge in [0.15, 0.2) is 11.5 Å². The van der Waals surface area contributed by atoms with Crippen molar-refractivity contribution in [3.05, 3.63) is 59.7 Å². The van der Waals surface area contributed by atoms with Gasteiger partial charge in [0.25, 0.3) is 0 Å². The third kappa shape index (κ3) is 3.35. The van der Waals surface area contributed by atoms with Gasteiger partial charge in [-0.05, 0) is 24.3 Å². The number of benzene rings is 2. The molecule has 0 atom stereocenters. The highest BCUT2D eigenvalue weighted by Crippen LogP contribution is 2.31. The fourth-order valence-electron chi connectivity index (χ4n) is 1.79. The molecular formula is C16H14O6. The van der Waals surface area contributed by atoms with Crippen LogP contribution in [0.25, 0.3) is 0 Å². The molecule has 22 heavy (non-hydrogen) atoms. The molecule has 0 aliphatic heterocycles. The number of carbonyl (C=O) groups is 2. The summed E-state index contributed by atoms with van der Waals surface area (Å²) in [6.45, 7) is 0. The summed E-state index contributed by atoms with van der Waals surface area (Å²) in [5.41, 5.74) is 0.357. The maximum atomic E-state index is 12.0. The maximum absolute atomic E-state index is 12.0. The summed E-state index contributed by atoms with van der Waals surface area (Å²) in [4.78, 5) is 32.8. The zero-order chi connectivity index (χ0) is 15.9. The van der Waals surface area contributed by atoms with Crippen LogP contribution in [0.1, 0.15) is 20.7 Å². The van der Waals surface area contributed by atoms with Gasteiger partial charge in [0.05, 0.1) is 19.8 Å². The first kappa shape index (κ1) is 15.4. The molecule has 0 unspecified atom stereocenters. The predicted molar refractivity (Wildman–Crippen MR) is 76.8 cm³/mol. The Hall–Kier alpha value is -3.02. The van der Waals surface area contributed by atoms with Gasteiger partial charge in [-0.3, -0.25) is 0 Å². The van der Waals surface area contributed by atoms with Crippen LogP contribution in [0.4, 0.5) is 0 Å². The van der Waals surface area contributed by atoms with Crippen molar-refractivity contribution in [1.82, 2.24) is 0 Å². The number of rotatable bonds is 4. The van der Waals surface area contributed by atoms with Gasteiger partial charge < -0.3 is 9.47 Å². The predicted octanol–water partition coefficient (Wildman–Crippen LogP) is 2.63. The highest BCUT2D eigenvalue weighted by atomic mass is 17.2. The summed E-state index contributed by atoms with van der Waals surface area (Å²) in [7, 11) is 2.84. The number of hydrogen-bond donors (Lipinski definition) is 0. The smallest absolute Gasteiger partial charge is 0.390 e. The molecule has 0 bridgehead atoms. The Morgan fingerprint density at radius 3 is 2.09 bits per heavy atom. The van der Waals surface area contributed by atoms with E-state index in [1.54, 1.807) is 42.5 Å². The van der Waals surface area contributed by atoms with E-state index in [1.165, 1.54) is 20.3 Å². The van der Waals surface area contributed by atoms with Crippen LogP contribution in [0, 0.1) is 0 Å². The Kier molecular flexibility index (Phi) is 4.98. The lowest BCUT2D eigenvalue weighted by Gasteiger charge is -2.11. The van der Waals surface area contributed by atoms with Crippen LogP contribution < -0.4 is 9.47 Å². The molecule has 2 aromatic rings. The van der Waals surface area contributed by atoms with E-state index in [0.717, 1.165) is 0 Å². The van der Waals surface area contributed by atoms with E-state index >= 15 is 0 Å². The van der Waals surface area contributed by atoms with E-state index in [4.69, 9.17) is 9.47 Å². The van der Waals surface area contributed by atoms with Gasteiger partial charge in [-0.25, -0.2) is 19.4 Å². The molecule has 0 N–H and O–H groups in total. The van der Waals surface area contributed by atoms with Crippen LogP contribution in [-0.4, -0.2) is 26.2 Å². The number of ether oxygens (including phenoxy) is 2. The molecule has 0 saturated heterocycles. The van der Waals surface area contributed by atoms with Crippen molar-refractivity contribution in [2.45, 2.75) is 0 Å². The normalized spacial score (nSPS) is 9.73. The minimum atomic E-state index is -0.861. The SMILES string of the molecule is COc1cccc(C(=O)OOC(=O)c2ccccc2)c1OC. The Balaban J connectivity index is 2.09. The highest BCUT2D eigenvalue weighted by molar-refractivity contribution is 5.94. The summed E-state index contributed by atoms with van der Waals surface area (Å²) in [5.74, 6) is -1.06. The molecule has 114 valence electrons. The maximum Gasteiger partial charge on any atom is 0.390 e. The molecule has 6 heteroatoms. The molecule has 0 heterocycles. The minimum absolute atomic E-state index is 0.0858. The van der Waals surface area contributed by atoms with Gasteiger partial charge in [0, 0.05) is 0 Å². The Bertz CT molecular complexity index is 666. The van der Waals surface area contributed by atoms with E-state index in [2.05, 4.69) is 9.78 Å². The van der Waals surface area contributed by atoms with E-state index < -0.39 is 11.9 Å². The summed E-state index contributed by atoms with van der Waals surface area (Å²) < 4.78 is 10.2. The fraction of sp³-hybridized carbons (Fsp3) is 0.125. The van der Waals surface area contributed by atoms with Crippen LogP contribution in [0.2, 0.25) is 0 Å². The second-order valence-corrected chi connectivity index (χ2v) is 4.15. The molecule has 0 saturated carbocycles. The van der Waals surface area contributed by atoms with Gasteiger partial charge in [0.2, 0.25) is 0 Å². The number of carbonyl (C=O) groups excluding carboxylic acids is 2. The lowest BCUT2D eigenvalue weighted by Crippen LogP contribution is -2.13. The van der Waals surface area contributed by atoms with Crippen LogP contribution in [0.15, 0.2) is 48.5 Å². The van der Waals surface area contributed by atoms with Gasteiger partial charge in [0.1, 0.15) is 5.56 Å². The van der Waals surface area contributed by atoms with Crippen LogP contribution in [0.5, 0.6) is 11.5 Å².